The van der Waals surface area contributed by atoms with Crippen LogP contribution in [0.2, 0.25) is 0 Å². The first-order valence-corrected chi connectivity index (χ1v) is 7.51. The minimum absolute atomic E-state index is 0.0478. The Kier molecular flexibility index (Phi) is 5.38. The summed E-state index contributed by atoms with van der Waals surface area (Å²) in [5.74, 6) is 0.273. The zero-order valence-electron chi connectivity index (χ0n) is 13.0. The molecule has 120 valence electrons. The number of anilines is 2. The Balaban J connectivity index is 2.12. The van der Waals surface area contributed by atoms with E-state index < -0.39 is 0 Å². The molecule has 0 radical (unpaired) electrons. The molecule has 0 heterocycles. The molecule has 1 fully saturated rings. The van der Waals surface area contributed by atoms with E-state index in [0.29, 0.717) is 23.5 Å². The molecule has 2 amide bonds. The fraction of sp³-hybridized carbons (Fsp3) is 0.500. The molecule has 2 atom stereocenters. The number of amides is 2. The molecule has 1 saturated carbocycles. The molecule has 1 aromatic carbocycles. The van der Waals surface area contributed by atoms with Crippen LogP contribution in [-0.2, 0) is 9.59 Å². The molecule has 22 heavy (non-hydrogen) atoms. The smallest absolute Gasteiger partial charge is 0.227 e. The highest BCUT2D eigenvalue weighted by atomic mass is 16.5. The minimum atomic E-state index is -0.166. The second-order valence-electron chi connectivity index (χ2n) is 5.71. The predicted octanol–water partition coefficient (Wildman–Crippen LogP) is 2.11. The molecule has 1 aromatic rings. The van der Waals surface area contributed by atoms with E-state index in [1.54, 1.807) is 25.3 Å². The average molecular weight is 305 g/mol. The monoisotopic (exact) mass is 305 g/mol. The van der Waals surface area contributed by atoms with Gasteiger partial charge in [0, 0.05) is 24.6 Å². The van der Waals surface area contributed by atoms with Gasteiger partial charge < -0.3 is 21.1 Å². The van der Waals surface area contributed by atoms with E-state index in [2.05, 4.69) is 10.6 Å². The van der Waals surface area contributed by atoms with Gasteiger partial charge in [0.15, 0.2) is 0 Å². The lowest BCUT2D eigenvalue weighted by atomic mass is 9.85. The number of nitrogens with two attached hydrogens (primary N) is 1. The molecule has 0 saturated heterocycles. The molecular weight excluding hydrogens is 282 g/mol. The topological polar surface area (TPSA) is 93.5 Å². The van der Waals surface area contributed by atoms with Gasteiger partial charge in [-0.25, -0.2) is 0 Å². The summed E-state index contributed by atoms with van der Waals surface area (Å²) in [5.41, 5.74) is 7.11. The summed E-state index contributed by atoms with van der Waals surface area (Å²) in [6.45, 7) is 1.44. The zero-order valence-corrected chi connectivity index (χ0v) is 13.0. The second kappa shape index (κ2) is 7.26. The molecule has 6 heteroatoms. The maximum atomic E-state index is 12.4. The number of rotatable bonds is 4. The molecule has 1 aliphatic rings. The molecular formula is C16H23N3O3. The van der Waals surface area contributed by atoms with Crippen LogP contribution < -0.4 is 21.1 Å². The number of hydrogen-bond donors (Lipinski definition) is 3. The summed E-state index contributed by atoms with van der Waals surface area (Å²) < 4.78 is 5.26. The molecule has 0 bridgehead atoms. The first-order valence-electron chi connectivity index (χ1n) is 7.51. The lowest BCUT2D eigenvalue weighted by Crippen LogP contribution is -2.34. The van der Waals surface area contributed by atoms with Gasteiger partial charge in [0.2, 0.25) is 11.8 Å². The van der Waals surface area contributed by atoms with Crippen LogP contribution in [0, 0.1) is 5.92 Å². The summed E-state index contributed by atoms with van der Waals surface area (Å²) in [4.78, 5) is 23.5. The lowest BCUT2D eigenvalue weighted by Gasteiger charge is -2.26. The quantitative estimate of drug-likeness (QED) is 0.794. The van der Waals surface area contributed by atoms with Crippen molar-refractivity contribution in [3.63, 3.8) is 0 Å². The fourth-order valence-corrected chi connectivity index (χ4v) is 2.79. The molecule has 0 spiro atoms. The maximum absolute atomic E-state index is 12.4. The third-order valence-corrected chi connectivity index (χ3v) is 3.86. The van der Waals surface area contributed by atoms with Crippen molar-refractivity contribution in [2.75, 3.05) is 17.7 Å². The van der Waals surface area contributed by atoms with Gasteiger partial charge in [0.1, 0.15) is 5.75 Å². The molecule has 0 aromatic heterocycles. The third kappa shape index (κ3) is 4.21. The van der Waals surface area contributed by atoms with Crippen molar-refractivity contribution in [1.82, 2.24) is 0 Å². The van der Waals surface area contributed by atoms with E-state index >= 15 is 0 Å². The highest BCUT2D eigenvalue weighted by Crippen LogP contribution is 2.30. The van der Waals surface area contributed by atoms with Gasteiger partial charge in [0.25, 0.3) is 0 Å². The Morgan fingerprint density at radius 2 is 2.05 bits per heavy atom. The normalized spacial score (nSPS) is 21.0. The highest BCUT2D eigenvalue weighted by molar-refractivity contribution is 5.96. The van der Waals surface area contributed by atoms with E-state index in [0.717, 1.165) is 19.3 Å². The summed E-state index contributed by atoms with van der Waals surface area (Å²) >= 11 is 0. The Morgan fingerprint density at radius 1 is 1.27 bits per heavy atom. The average Bonchev–Trinajstić information content (AvgIpc) is 2.47. The van der Waals surface area contributed by atoms with Crippen molar-refractivity contribution in [3.05, 3.63) is 18.2 Å². The van der Waals surface area contributed by atoms with Gasteiger partial charge in [-0.3, -0.25) is 9.59 Å². The first-order chi connectivity index (χ1) is 10.5. The van der Waals surface area contributed by atoms with Crippen LogP contribution in [0.3, 0.4) is 0 Å². The predicted molar refractivity (Wildman–Crippen MR) is 85.9 cm³/mol. The van der Waals surface area contributed by atoms with E-state index in [1.807, 2.05) is 0 Å². The lowest BCUT2D eigenvalue weighted by molar-refractivity contribution is -0.121. The largest absolute Gasteiger partial charge is 0.495 e. The summed E-state index contributed by atoms with van der Waals surface area (Å²) in [5, 5.41) is 5.59. The van der Waals surface area contributed by atoms with Gasteiger partial charge in [0.05, 0.1) is 12.8 Å². The number of methoxy groups -OCH3 is 1. The summed E-state index contributed by atoms with van der Waals surface area (Å²) in [6, 6.07) is 5.23. The highest BCUT2D eigenvalue weighted by Gasteiger charge is 2.26. The van der Waals surface area contributed by atoms with Gasteiger partial charge in [-0.1, -0.05) is 6.42 Å². The number of benzene rings is 1. The number of carbonyl (C=O) groups excluding carboxylic acids is 2. The van der Waals surface area contributed by atoms with Crippen LogP contribution in [0.25, 0.3) is 0 Å². The SMILES string of the molecule is COc1ccc(NC(C)=O)cc1NC(=O)C1CCCC(N)C1. The molecule has 0 aliphatic heterocycles. The molecule has 6 nitrogen and oxygen atoms in total. The number of nitrogens with one attached hydrogen (secondary N) is 2. The van der Waals surface area contributed by atoms with Gasteiger partial charge >= 0.3 is 0 Å². The van der Waals surface area contributed by atoms with Crippen LogP contribution in [0.4, 0.5) is 11.4 Å². The molecule has 1 aliphatic carbocycles. The van der Waals surface area contributed by atoms with E-state index in [9.17, 15) is 9.59 Å². The van der Waals surface area contributed by atoms with Gasteiger partial charge in [-0.05, 0) is 37.5 Å². The maximum Gasteiger partial charge on any atom is 0.227 e. The fourth-order valence-electron chi connectivity index (χ4n) is 2.79. The first kappa shape index (κ1) is 16.3. The van der Waals surface area contributed by atoms with Crippen molar-refractivity contribution in [2.45, 2.75) is 38.6 Å². The van der Waals surface area contributed by atoms with Crippen molar-refractivity contribution in [1.29, 1.82) is 0 Å². The Labute approximate surface area is 130 Å². The van der Waals surface area contributed by atoms with Crippen LogP contribution in [0.15, 0.2) is 18.2 Å². The Morgan fingerprint density at radius 3 is 2.68 bits per heavy atom. The second-order valence-corrected chi connectivity index (χ2v) is 5.71. The summed E-state index contributed by atoms with van der Waals surface area (Å²) in [7, 11) is 1.54. The van der Waals surface area contributed by atoms with Crippen LogP contribution >= 0.6 is 0 Å². The van der Waals surface area contributed by atoms with Gasteiger partial charge in [-0.15, -0.1) is 0 Å². The van der Waals surface area contributed by atoms with Crippen molar-refractivity contribution >= 4 is 23.2 Å². The van der Waals surface area contributed by atoms with Crippen molar-refractivity contribution < 1.29 is 14.3 Å². The molecule has 4 N–H and O–H groups in total. The Hall–Kier alpha value is -2.08. The van der Waals surface area contributed by atoms with E-state index in [1.165, 1.54) is 6.92 Å². The molecule has 2 rings (SSSR count). The summed E-state index contributed by atoms with van der Waals surface area (Å²) in [6.07, 6.45) is 3.51. The minimum Gasteiger partial charge on any atom is -0.495 e. The van der Waals surface area contributed by atoms with Crippen LogP contribution in [0.5, 0.6) is 5.75 Å². The van der Waals surface area contributed by atoms with Crippen molar-refractivity contribution in [3.8, 4) is 5.75 Å². The zero-order chi connectivity index (χ0) is 16.1. The van der Waals surface area contributed by atoms with Gasteiger partial charge in [-0.2, -0.15) is 0 Å². The Bertz CT molecular complexity index is 560. The van der Waals surface area contributed by atoms with Crippen LogP contribution in [0.1, 0.15) is 32.6 Å². The number of carbonyl (C=O) groups is 2. The third-order valence-electron chi connectivity index (χ3n) is 3.86. The van der Waals surface area contributed by atoms with E-state index in [4.69, 9.17) is 10.5 Å². The number of hydrogen-bond acceptors (Lipinski definition) is 4. The number of ether oxygens (including phenoxy) is 1. The standard InChI is InChI=1S/C16H23N3O3/c1-10(20)18-13-6-7-15(22-2)14(9-13)19-16(21)11-4-3-5-12(17)8-11/h6-7,9,11-12H,3-5,8,17H2,1-2H3,(H,18,20)(H,19,21). The van der Waals surface area contributed by atoms with Crippen molar-refractivity contribution in [2.24, 2.45) is 11.7 Å². The van der Waals surface area contributed by atoms with Crippen LogP contribution in [-0.4, -0.2) is 25.0 Å². The molecule has 2 unspecified atom stereocenters. The van der Waals surface area contributed by atoms with E-state index in [-0.39, 0.29) is 23.8 Å².